The fourth-order valence-corrected chi connectivity index (χ4v) is 4.66. The van der Waals surface area contributed by atoms with Gasteiger partial charge in [-0.25, -0.2) is 0 Å². The molecule has 1 aliphatic rings. The number of benzene rings is 2. The second kappa shape index (κ2) is 11.8. The van der Waals surface area contributed by atoms with Crippen LogP contribution in [0.3, 0.4) is 0 Å². The van der Waals surface area contributed by atoms with Crippen LogP contribution >= 0.6 is 23.2 Å². The Morgan fingerprint density at radius 2 is 1.67 bits per heavy atom. The minimum absolute atomic E-state index is 0.117. The predicted molar refractivity (Wildman–Crippen MR) is 133 cm³/mol. The van der Waals surface area contributed by atoms with Gasteiger partial charge in [0.2, 0.25) is 5.91 Å². The second-order valence-corrected chi connectivity index (χ2v) is 9.68. The molecule has 0 saturated heterocycles. The molecule has 1 atom stereocenters. The molecule has 2 aromatic carbocycles. The Bertz CT molecular complexity index is 954. The van der Waals surface area contributed by atoms with E-state index in [1.165, 1.54) is 4.90 Å². The van der Waals surface area contributed by atoms with Crippen molar-refractivity contribution in [1.29, 1.82) is 0 Å². The molecule has 0 heterocycles. The van der Waals surface area contributed by atoms with Gasteiger partial charge in [0.25, 0.3) is 5.91 Å². The Morgan fingerprint density at radius 1 is 1.03 bits per heavy atom. The molecule has 2 amide bonds. The number of ether oxygens (including phenoxy) is 1. The van der Waals surface area contributed by atoms with Gasteiger partial charge in [-0.2, -0.15) is 0 Å². The van der Waals surface area contributed by atoms with E-state index in [2.05, 4.69) is 19.2 Å². The summed E-state index contributed by atoms with van der Waals surface area (Å²) >= 11 is 12.7. The highest BCUT2D eigenvalue weighted by Crippen LogP contribution is 2.28. The molecule has 0 aliphatic heterocycles. The molecule has 178 valence electrons. The fourth-order valence-electron chi connectivity index (χ4n) is 4.14. The lowest BCUT2D eigenvalue weighted by Crippen LogP contribution is -2.50. The van der Waals surface area contributed by atoms with E-state index in [1.54, 1.807) is 25.1 Å². The molecule has 0 bridgehead atoms. The topological polar surface area (TPSA) is 58.6 Å². The Labute approximate surface area is 206 Å². The molecule has 1 N–H and O–H groups in total. The first-order valence-corrected chi connectivity index (χ1v) is 12.3. The SMILES string of the molecule is CC(C)c1ccccc1OCC(=O)N(Cc1c(Cl)cccc1Cl)[C@H](C)C(=O)NC1CCCC1. The van der Waals surface area contributed by atoms with Crippen LogP contribution in [-0.2, 0) is 16.1 Å². The van der Waals surface area contributed by atoms with E-state index in [0.29, 0.717) is 21.4 Å². The zero-order valence-corrected chi connectivity index (χ0v) is 21.0. The highest BCUT2D eigenvalue weighted by molar-refractivity contribution is 6.36. The molecule has 0 unspecified atom stereocenters. The van der Waals surface area contributed by atoms with Crippen LogP contribution in [0.15, 0.2) is 42.5 Å². The van der Waals surface area contributed by atoms with Crippen LogP contribution < -0.4 is 10.1 Å². The van der Waals surface area contributed by atoms with Crippen molar-refractivity contribution in [2.75, 3.05) is 6.61 Å². The van der Waals surface area contributed by atoms with E-state index in [1.807, 2.05) is 24.3 Å². The first kappa shape index (κ1) is 25.4. The largest absolute Gasteiger partial charge is 0.483 e. The maximum atomic E-state index is 13.3. The summed E-state index contributed by atoms with van der Waals surface area (Å²) in [7, 11) is 0. The summed E-state index contributed by atoms with van der Waals surface area (Å²) < 4.78 is 5.91. The third-order valence-corrected chi connectivity index (χ3v) is 6.86. The molecular formula is C26H32Cl2N2O3. The van der Waals surface area contributed by atoms with Crippen LogP contribution in [0.25, 0.3) is 0 Å². The molecule has 1 saturated carbocycles. The van der Waals surface area contributed by atoms with Crippen molar-refractivity contribution in [3.63, 3.8) is 0 Å². The minimum atomic E-state index is -0.700. The molecule has 3 rings (SSSR count). The first-order valence-electron chi connectivity index (χ1n) is 11.5. The van der Waals surface area contributed by atoms with E-state index in [0.717, 1.165) is 31.2 Å². The lowest BCUT2D eigenvalue weighted by molar-refractivity contribution is -0.142. The van der Waals surface area contributed by atoms with Gasteiger partial charge in [0.05, 0.1) is 0 Å². The summed E-state index contributed by atoms with van der Waals surface area (Å²) in [5, 5.41) is 3.99. The van der Waals surface area contributed by atoms with Gasteiger partial charge in [0.15, 0.2) is 6.61 Å². The maximum Gasteiger partial charge on any atom is 0.261 e. The van der Waals surface area contributed by atoms with Gasteiger partial charge in [0, 0.05) is 28.2 Å². The van der Waals surface area contributed by atoms with Crippen LogP contribution in [-0.4, -0.2) is 35.4 Å². The molecule has 2 aromatic rings. The Hall–Kier alpha value is -2.24. The monoisotopic (exact) mass is 490 g/mol. The maximum absolute atomic E-state index is 13.3. The van der Waals surface area contributed by atoms with E-state index in [-0.39, 0.29) is 36.9 Å². The van der Waals surface area contributed by atoms with Gasteiger partial charge in [-0.1, -0.05) is 74.2 Å². The Morgan fingerprint density at radius 3 is 2.30 bits per heavy atom. The number of nitrogens with zero attached hydrogens (tertiary/aromatic N) is 1. The average Bonchev–Trinajstić information content (AvgIpc) is 3.30. The fraction of sp³-hybridized carbons (Fsp3) is 0.462. The number of para-hydroxylation sites is 1. The predicted octanol–water partition coefficient (Wildman–Crippen LogP) is 5.97. The van der Waals surface area contributed by atoms with Crippen LogP contribution in [0, 0.1) is 0 Å². The van der Waals surface area contributed by atoms with Gasteiger partial charge in [-0.3, -0.25) is 9.59 Å². The van der Waals surface area contributed by atoms with Crippen molar-refractivity contribution in [3.05, 3.63) is 63.6 Å². The normalized spacial score (nSPS) is 14.8. The number of amides is 2. The number of carbonyl (C=O) groups excluding carboxylic acids is 2. The molecular weight excluding hydrogens is 459 g/mol. The number of rotatable bonds is 9. The number of carbonyl (C=O) groups is 2. The standard InChI is InChI=1S/C26H32Cl2N2O3/c1-17(2)20-11-6-7-14-24(20)33-16-25(31)30(15-21-22(27)12-8-13-23(21)28)18(3)26(32)29-19-9-4-5-10-19/h6-8,11-14,17-19H,4-5,9-10,15-16H2,1-3H3,(H,29,32)/t18-/m1/s1. The van der Waals surface area contributed by atoms with Crippen LogP contribution in [0.4, 0.5) is 0 Å². The minimum Gasteiger partial charge on any atom is -0.483 e. The second-order valence-electron chi connectivity index (χ2n) is 8.87. The molecule has 1 aliphatic carbocycles. The number of hydrogen-bond donors (Lipinski definition) is 1. The highest BCUT2D eigenvalue weighted by atomic mass is 35.5. The number of nitrogens with one attached hydrogen (secondary N) is 1. The van der Waals surface area contributed by atoms with Crippen molar-refractivity contribution in [3.8, 4) is 5.75 Å². The average molecular weight is 491 g/mol. The van der Waals surface area contributed by atoms with Crippen LogP contribution in [0.5, 0.6) is 5.75 Å². The summed E-state index contributed by atoms with van der Waals surface area (Å²) in [5.41, 5.74) is 1.63. The smallest absolute Gasteiger partial charge is 0.261 e. The first-order chi connectivity index (χ1) is 15.8. The highest BCUT2D eigenvalue weighted by Gasteiger charge is 2.30. The molecule has 7 heteroatoms. The van der Waals surface area contributed by atoms with Crippen LogP contribution in [0.2, 0.25) is 10.0 Å². The molecule has 5 nitrogen and oxygen atoms in total. The zero-order valence-electron chi connectivity index (χ0n) is 19.4. The lowest BCUT2D eigenvalue weighted by atomic mass is 10.0. The quantitative estimate of drug-likeness (QED) is 0.470. The van der Waals surface area contributed by atoms with Crippen molar-refractivity contribution in [2.24, 2.45) is 0 Å². The molecule has 0 radical (unpaired) electrons. The van der Waals surface area contributed by atoms with Gasteiger partial charge in [-0.15, -0.1) is 0 Å². The summed E-state index contributed by atoms with van der Waals surface area (Å²) in [6, 6.07) is 12.3. The lowest BCUT2D eigenvalue weighted by Gasteiger charge is -2.30. The van der Waals surface area contributed by atoms with Crippen LogP contribution in [0.1, 0.15) is 63.5 Å². The molecule has 0 aromatic heterocycles. The van der Waals surface area contributed by atoms with Crippen molar-refractivity contribution >= 4 is 35.0 Å². The van der Waals surface area contributed by atoms with Gasteiger partial charge < -0.3 is 15.0 Å². The third kappa shape index (κ3) is 6.64. The summed E-state index contributed by atoms with van der Waals surface area (Å²) in [6.45, 7) is 5.81. The molecule has 33 heavy (non-hydrogen) atoms. The van der Waals surface area contributed by atoms with Crippen molar-refractivity contribution in [1.82, 2.24) is 10.2 Å². The Kier molecular flexibility index (Phi) is 9.04. The number of hydrogen-bond acceptors (Lipinski definition) is 3. The van der Waals surface area contributed by atoms with E-state index >= 15 is 0 Å². The summed E-state index contributed by atoms with van der Waals surface area (Å²) in [5.74, 6) is 0.435. The van der Waals surface area contributed by atoms with Gasteiger partial charge >= 0.3 is 0 Å². The van der Waals surface area contributed by atoms with Gasteiger partial charge in [-0.05, 0) is 49.4 Å². The van der Waals surface area contributed by atoms with Crippen molar-refractivity contribution < 1.29 is 14.3 Å². The molecule has 0 spiro atoms. The summed E-state index contributed by atoms with van der Waals surface area (Å²) in [4.78, 5) is 27.8. The van der Waals surface area contributed by atoms with Crippen molar-refractivity contribution in [2.45, 2.75) is 71.0 Å². The van der Waals surface area contributed by atoms with Gasteiger partial charge in [0.1, 0.15) is 11.8 Å². The Balaban J connectivity index is 1.79. The zero-order chi connectivity index (χ0) is 24.0. The molecule has 1 fully saturated rings. The van der Waals surface area contributed by atoms with E-state index in [9.17, 15) is 9.59 Å². The van der Waals surface area contributed by atoms with E-state index < -0.39 is 6.04 Å². The van der Waals surface area contributed by atoms with E-state index in [4.69, 9.17) is 27.9 Å². The summed E-state index contributed by atoms with van der Waals surface area (Å²) in [6.07, 6.45) is 4.16. The number of halogens is 2. The third-order valence-electron chi connectivity index (χ3n) is 6.15.